The van der Waals surface area contributed by atoms with Gasteiger partial charge in [-0.2, -0.15) is 0 Å². The van der Waals surface area contributed by atoms with Gasteiger partial charge in [0.25, 0.3) is 0 Å². The van der Waals surface area contributed by atoms with E-state index in [0.717, 1.165) is 9.79 Å². The summed E-state index contributed by atoms with van der Waals surface area (Å²) in [6.45, 7) is 3.73. The number of Topliss-reactive ketones (excluding diaryl/α,β-unsaturated/α-hetero) is 1. The molecule has 2 aliphatic carbocycles. The van der Waals surface area contributed by atoms with Crippen molar-refractivity contribution >= 4 is 35.3 Å². The molecule has 8 atom stereocenters. The fourth-order valence-corrected chi connectivity index (χ4v) is 8.48. The summed E-state index contributed by atoms with van der Waals surface area (Å²) in [5.41, 5.74) is -4.10. The topological polar surface area (TPSA) is 93.1 Å². The van der Waals surface area contributed by atoms with E-state index in [9.17, 15) is 19.8 Å². The summed E-state index contributed by atoms with van der Waals surface area (Å²) in [4.78, 5) is 29.3. The van der Waals surface area contributed by atoms with Gasteiger partial charge in [0.1, 0.15) is 11.0 Å². The number of rotatable bonds is 5. The fraction of sp³-hybridized carbons (Fsp3) is 0.429. The molecule has 2 aromatic rings. The molecule has 8 heteroatoms. The molecular weight excluding hydrogens is 496 g/mol. The van der Waals surface area contributed by atoms with E-state index in [-0.39, 0.29) is 23.7 Å². The first-order valence-corrected chi connectivity index (χ1v) is 13.8. The fourth-order valence-electron chi connectivity index (χ4n) is 6.07. The minimum Gasteiger partial charge on any atom is -0.468 e. The van der Waals surface area contributed by atoms with Crippen molar-refractivity contribution in [3.63, 3.8) is 0 Å². The Morgan fingerprint density at radius 1 is 1.06 bits per heavy atom. The van der Waals surface area contributed by atoms with Gasteiger partial charge in [-0.05, 0) is 42.7 Å². The monoisotopic (exact) mass is 526 g/mol. The van der Waals surface area contributed by atoms with Gasteiger partial charge in [-0.1, -0.05) is 61.2 Å². The molecule has 0 bridgehead atoms. The molecule has 2 fully saturated rings. The van der Waals surface area contributed by atoms with Crippen LogP contribution in [-0.2, 0) is 19.1 Å². The molecule has 0 radical (unpaired) electrons. The molecule has 3 aliphatic rings. The number of carbonyl (C=O) groups is 2. The SMILES string of the molecule is COC(=O)[C@]12C(=O)C[C@H]3[C@H](C)[C@@H](Sc4ccccc4)O[C@H]3[C@]1(O)C(C)=C[C@H](Sc1ccccc1)[C@H]2O. The van der Waals surface area contributed by atoms with Gasteiger partial charge in [0.15, 0.2) is 11.2 Å². The number of hydrogen-bond donors (Lipinski definition) is 2. The van der Waals surface area contributed by atoms with Crippen LogP contribution in [0.3, 0.4) is 0 Å². The Morgan fingerprint density at radius 2 is 1.64 bits per heavy atom. The van der Waals surface area contributed by atoms with Gasteiger partial charge >= 0.3 is 5.97 Å². The minimum atomic E-state index is -2.18. The molecule has 1 heterocycles. The van der Waals surface area contributed by atoms with E-state index in [1.54, 1.807) is 13.0 Å². The largest absolute Gasteiger partial charge is 0.468 e. The first-order valence-electron chi connectivity index (χ1n) is 12.0. The van der Waals surface area contributed by atoms with Crippen LogP contribution in [0.2, 0.25) is 0 Å². The van der Waals surface area contributed by atoms with Crippen molar-refractivity contribution in [3.8, 4) is 0 Å². The normalized spacial score (nSPS) is 37.6. The van der Waals surface area contributed by atoms with Gasteiger partial charge in [-0.15, -0.1) is 11.8 Å². The number of ether oxygens (including phenoxy) is 2. The smallest absolute Gasteiger partial charge is 0.325 e. The van der Waals surface area contributed by atoms with Crippen LogP contribution in [0, 0.1) is 17.3 Å². The van der Waals surface area contributed by atoms with Crippen molar-refractivity contribution in [1.82, 2.24) is 0 Å². The molecule has 190 valence electrons. The number of ketones is 1. The maximum Gasteiger partial charge on any atom is 0.325 e. The first-order chi connectivity index (χ1) is 17.2. The highest BCUT2D eigenvalue weighted by molar-refractivity contribution is 8.00. The summed E-state index contributed by atoms with van der Waals surface area (Å²) < 4.78 is 11.6. The van der Waals surface area contributed by atoms with Crippen molar-refractivity contribution < 1.29 is 29.3 Å². The van der Waals surface area contributed by atoms with Gasteiger partial charge < -0.3 is 19.7 Å². The molecular formula is C28H30O6S2. The van der Waals surface area contributed by atoms with Crippen LogP contribution in [0.1, 0.15) is 20.3 Å². The lowest BCUT2D eigenvalue weighted by Gasteiger charge is -2.57. The zero-order valence-electron chi connectivity index (χ0n) is 20.4. The summed E-state index contributed by atoms with van der Waals surface area (Å²) >= 11 is 2.88. The van der Waals surface area contributed by atoms with E-state index in [2.05, 4.69) is 0 Å². The van der Waals surface area contributed by atoms with Crippen molar-refractivity contribution in [2.75, 3.05) is 7.11 Å². The number of hydrogen-bond acceptors (Lipinski definition) is 8. The highest BCUT2D eigenvalue weighted by Gasteiger charge is 2.77. The number of methoxy groups -OCH3 is 1. The first kappa shape index (κ1) is 25.5. The summed E-state index contributed by atoms with van der Waals surface area (Å²) in [5.74, 6) is -1.81. The van der Waals surface area contributed by atoms with Crippen molar-refractivity contribution in [3.05, 3.63) is 72.3 Å². The van der Waals surface area contributed by atoms with E-state index < -0.39 is 40.2 Å². The van der Waals surface area contributed by atoms with Gasteiger partial charge in [-0.3, -0.25) is 9.59 Å². The van der Waals surface area contributed by atoms with Crippen molar-refractivity contribution in [2.24, 2.45) is 17.3 Å². The molecule has 1 aliphatic heterocycles. The molecule has 2 N–H and O–H groups in total. The van der Waals surface area contributed by atoms with E-state index in [1.807, 2.05) is 67.6 Å². The predicted octanol–water partition coefficient (Wildman–Crippen LogP) is 4.10. The van der Waals surface area contributed by atoms with Crippen LogP contribution in [0.25, 0.3) is 0 Å². The highest BCUT2D eigenvalue weighted by Crippen LogP contribution is 2.61. The molecule has 0 amide bonds. The number of carbonyl (C=O) groups excluding carboxylic acids is 2. The van der Waals surface area contributed by atoms with E-state index in [0.29, 0.717) is 5.57 Å². The Balaban J connectivity index is 1.58. The molecule has 1 saturated carbocycles. The van der Waals surface area contributed by atoms with Gasteiger partial charge in [0.2, 0.25) is 0 Å². The van der Waals surface area contributed by atoms with Crippen LogP contribution in [0.5, 0.6) is 0 Å². The Bertz CT molecular complexity index is 1170. The number of thioether (sulfide) groups is 2. The second-order valence-corrected chi connectivity index (χ2v) is 12.2. The Hall–Kier alpha value is -2.10. The van der Waals surface area contributed by atoms with Gasteiger partial charge in [0, 0.05) is 22.1 Å². The third-order valence-corrected chi connectivity index (χ3v) is 10.5. The lowest BCUT2D eigenvalue weighted by atomic mass is 9.50. The third-order valence-electron chi connectivity index (χ3n) is 7.94. The average molecular weight is 527 g/mol. The molecule has 0 aromatic heterocycles. The molecule has 5 rings (SSSR count). The van der Waals surface area contributed by atoms with E-state index in [1.165, 1.54) is 30.6 Å². The standard InChI is InChI=1S/C28H30O6S2/c1-16-14-21(35-18-10-6-4-7-11-18)23(30)27(26(31)33-3)22(29)15-20-17(2)25(34-24(20)28(16,27)32)36-19-12-8-5-9-13-19/h4-14,17,20-21,23-25,30,32H,15H2,1-3H3/t17-,20-,21-,23+,24+,25+,27+,28+/m0/s1. The molecule has 0 unspecified atom stereocenters. The molecule has 0 spiro atoms. The number of esters is 1. The zero-order chi connectivity index (χ0) is 25.7. The number of fused-ring (bicyclic) bond motifs is 3. The number of aliphatic hydroxyl groups is 2. The second-order valence-electron chi connectivity index (χ2n) is 9.76. The minimum absolute atomic E-state index is 0.0160. The quantitative estimate of drug-likeness (QED) is 0.342. The maximum absolute atomic E-state index is 13.9. The molecule has 36 heavy (non-hydrogen) atoms. The van der Waals surface area contributed by atoms with E-state index >= 15 is 0 Å². The van der Waals surface area contributed by atoms with Crippen molar-refractivity contribution in [2.45, 2.75) is 58.6 Å². The van der Waals surface area contributed by atoms with Crippen LogP contribution in [-0.4, -0.2) is 57.6 Å². The van der Waals surface area contributed by atoms with E-state index in [4.69, 9.17) is 9.47 Å². The maximum atomic E-state index is 13.9. The van der Waals surface area contributed by atoms with Crippen molar-refractivity contribution in [1.29, 1.82) is 0 Å². The average Bonchev–Trinajstić information content (AvgIpc) is 3.19. The third kappa shape index (κ3) is 3.69. The predicted molar refractivity (Wildman–Crippen MR) is 138 cm³/mol. The Morgan fingerprint density at radius 3 is 2.22 bits per heavy atom. The highest BCUT2D eigenvalue weighted by atomic mass is 32.2. The van der Waals surface area contributed by atoms with Crippen LogP contribution < -0.4 is 0 Å². The molecule has 2 aromatic carbocycles. The molecule has 1 saturated heterocycles. The Kier molecular flexibility index (Phi) is 6.85. The van der Waals surface area contributed by atoms with Gasteiger partial charge in [-0.25, -0.2) is 0 Å². The van der Waals surface area contributed by atoms with Crippen LogP contribution in [0.4, 0.5) is 0 Å². The lowest BCUT2D eigenvalue weighted by molar-refractivity contribution is -0.221. The lowest BCUT2D eigenvalue weighted by Crippen LogP contribution is -2.76. The number of benzene rings is 2. The summed E-state index contributed by atoms with van der Waals surface area (Å²) in [7, 11) is 1.18. The van der Waals surface area contributed by atoms with Gasteiger partial charge in [0.05, 0.1) is 24.6 Å². The van der Waals surface area contributed by atoms with Crippen LogP contribution >= 0.6 is 23.5 Å². The summed E-state index contributed by atoms with van der Waals surface area (Å²) in [5, 5.41) is 23.5. The second kappa shape index (κ2) is 9.65. The van der Waals surface area contributed by atoms with Crippen LogP contribution in [0.15, 0.2) is 82.1 Å². The Labute approximate surface area is 219 Å². The summed E-state index contributed by atoms with van der Waals surface area (Å²) in [6.07, 6.45) is -0.566. The summed E-state index contributed by atoms with van der Waals surface area (Å²) in [6, 6.07) is 19.3. The number of aliphatic hydroxyl groups excluding tert-OH is 1. The zero-order valence-corrected chi connectivity index (χ0v) is 22.0. The molecule has 6 nitrogen and oxygen atoms in total.